The normalized spacial score (nSPS) is 22.5. The Kier molecular flexibility index (Phi) is 3.09. The Hall–Kier alpha value is -1.36. The van der Waals surface area contributed by atoms with Crippen LogP contribution in [-0.2, 0) is 0 Å². The van der Waals surface area contributed by atoms with Gasteiger partial charge in [0.1, 0.15) is 0 Å². The molecule has 2 heterocycles. The van der Waals surface area contributed by atoms with Gasteiger partial charge in [0.2, 0.25) is 0 Å². The van der Waals surface area contributed by atoms with Gasteiger partial charge in [0.15, 0.2) is 5.58 Å². The highest BCUT2D eigenvalue weighted by molar-refractivity contribution is 7.99. The highest BCUT2D eigenvalue weighted by Crippen LogP contribution is 2.36. The van der Waals surface area contributed by atoms with Crippen LogP contribution in [0.1, 0.15) is 20.3 Å². The number of thioether (sulfide) groups is 1. The maximum absolute atomic E-state index is 11.1. The number of anilines is 1. The monoisotopic (exact) mass is 278 g/mol. The Morgan fingerprint density at radius 3 is 3.11 bits per heavy atom. The summed E-state index contributed by atoms with van der Waals surface area (Å²) in [5, 5.41) is 3.59. The maximum atomic E-state index is 11.1. The van der Waals surface area contributed by atoms with Crippen molar-refractivity contribution in [3.05, 3.63) is 28.7 Å². The lowest BCUT2D eigenvalue weighted by Gasteiger charge is -2.39. The SMILES string of the molecule is CC1(C)CCSCC1Nc1ccc2oc(=O)[nH]c2c1. The summed E-state index contributed by atoms with van der Waals surface area (Å²) in [4.78, 5) is 13.8. The molecule has 0 bridgehead atoms. The Bertz CT molecular complexity index is 644. The van der Waals surface area contributed by atoms with Gasteiger partial charge in [0.05, 0.1) is 5.52 Å². The number of aromatic nitrogens is 1. The van der Waals surface area contributed by atoms with E-state index in [1.54, 1.807) is 0 Å². The number of rotatable bonds is 2. The van der Waals surface area contributed by atoms with Crippen LogP contribution in [0.4, 0.5) is 5.69 Å². The second kappa shape index (κ2) is 4.63. The molecule has 3 rings (SSSR count). The minimum absolute atomic E-state index is 0.296. The van der Waals surface area contributed by atoms with Crippen LogP contribution < -0.4 is 11.1 Å². The van der Waals surface area contributed by atoms with Gasteiger partial charge in [-0.05, 0) is 35.8 Å². The minimum Gasteiger partial charge on any atom is -0.408 e. The van der Waals surface area contributed by atoms with Crippen molar-refractivity contribution < 1.29 is 4.42 Å². The second-order valence-electron chi connectivity index (χ2n) is 5.74. The van der Waals surface area contributed by atoms with E-state index in [1.807, 2.05) is 30.0 Å². The fourth-order valence-corrected chi connectivity index (χ4v) is 4.02. The molecule has 2 aromatic rings. The van der Waals surface area contributed by atoms with Crippen molar-refractivity contribution in [2.45, 2.75) is 26.3 Å². The molecule has 1 atom stereocenters. The van der Waals surface area contributed by atoms with Crippen LogP contribution >= 0.6 is 11.8 Å². The number of benzene rings is 1. The fraction of sp³-hybridized carbons (Fsp3) is 0.500. The summed E-state index contributed by atoms with van der Waals surface area (Å²) in [6.45, 7) is 4.62. The van der Waals surface area contributed by atoms with Crippen molar-refractivity contribution >= 4 is 28.5 Å². The summed E-state index contributed by atoms with van der Waals surface area (Å²) < 4.78 is 5.01. The maximum Gasteiger partial charge on any atom is 0.417 e. The van der Waals surface area contributed by atoms with Crippen LogP contribution in [0.25, 0.3) is 11.1 Å². The van der Waals surface area contributed by atoms with E-state index in [4.69, 9.17) is 4.42 Å². The highest BCUT2D eigenvalue weighted by atomic mass is 32.2. The molecule has 0 aliphatic carbocycles. The van der Waals surface area contributed by atoms with E-state index >= 15 is 0 Å². The second-order valence-corrected chi connectivity index (χ2v) is 6.89. The quantitative estimate of drug-likeness (QED) is 0.886. The lowest BCUT2D eigenvalue weighted by Crippen LogP contribution is -2.41. The van der Waals surface area contributed by atoms with E-state index in [9.17, 15) is 4.79 Å². The molecule has 0 radical (unpaired) electrons. The average molecular weight is 278 g/mol. The molecule has 102 valence electrons. The predicted octanol–water partition coefficient (Wildman–Crippen LogP) is 3.06. The molecule has 0 spiro atoms. The molecule has 1 saturated heterocycles. The molecular formula is C14H18N2O2S. The summed E-state index contributed by atoms with van der Waals surface area (Å²) in [6, 6.07) is 6.19. The lowest BCUT2D eigenvalue weighted by molar-refractivity contribution is 0.305. The first-order valence-corrected chi connectivity index (χ1v) is 7.67. The van der Waals surface area contributed by atoms with Gasteiger partial charge in [0, 0.05) is 17.5 Å². The molecule has 1 aliphatic rings. The lowest BCUT2D eigenvalue weighted by atomic mass is 9.82. The summed E-state index contributed by atoms with van der Waals surface area (Å²) in [5.74, 6) is 1.95. The van der Waals surface area contributed by atoms with Gasteiger partial charge in [0.25, 0.3) is 0 Å². The van der Waals surface area contributed by atoms with Gasteiger partial charge in [-0.2, -0.15) is 11.8 Å². The van der Waals surface area contributed by atoms with Crippen molar-refractivity contribution in [1.29, 1.82) is 0 Å². The molecular weight excluding hydrogens is 260 g/mol. The Morgan fingerprint density at radius 2 is 2.32 bits per heavy atom. The van der Waals surface area contributed by atoms with Gasteiger partial charge < -0.3 is 9.73 Å². The molecule has 1 aromatic carbocycles. The zero-order chi connectivity index (χ0) is 13.5. The first kappa shape index (κ1) is 12.7. The van der Waals surface area contributed by atoms with Crippen molar-refractivity contribution in [2.75, 3.05) is 16.8 Å². The van der Waals surface area contributed by atoms with Crippen LogP contribution in [0.3, 0.4) is 0 Å². The third-order valence-electron chi connectivity index (χ3n) is 3.88. The molecule has 5 heteroatoms. The van der Waals surface area contributed by atoms with Gasteiger partial charge in [-0.1, -0.05) is 13.8 Å². The van der Waals surface area contributed by atoms with E-state index in [-0.39, 0.29) is 0 Å². The first-order chi connectivity index (χ1) is 9.04. The van der Waals surface area contributed by atoms with Crippen LogP contribution in [0, 0.1) is 5.41 Å². The topological polar surface area (TPSA) is 58.0 Å². The average Bonchev–Trinajstić information content (AvgIpc) is 2.71. The molecule has 0 saturated carbocycles. The van der Waals surface area contributed by atoms with Crippen LogP contribution in [0.5, 0.6) is 0 Å². The molecule has 1 aromatic heterocycles. The molecule has 19 heavy (non-hydrogen) atoms. The number of nitrogens with one attached hydrogen (secondary N) is 2. The zero-order valence-corrected chi connectivity index (χ0v) is 12.0. The van der Waals surface area contributed by atoms with Crippen molar-refractivity contribution in [3.8, 4) is 0 Å². The third-order valence-corrected chi connectivity index (χ3v) is 4.94. The van der Waals surface area contributed by atoms with E-state index < -0.39 is 5.76 Å². The van der Waals surface area contributed by atoms with Crippen LogP contribution in [0.2, 0.25) is 0 Å². The summed E-state index contributed by atoms with van der Waals surface area (Å²) in [7, 11) is 0. The highest BCUT2D eigenvalue weighted by Gasteiger charge is 2.32. The fourth-order valence-electron chi connectivity index (χ4n) is 2.42. The van der Waals surface area contributed by atoms with E-state index in [1.165, 1.54) is 12.2 Å². The largest absolute Gasteiger partial charge is 0.417 e. The van der Waals surface area contributed by atoms with Gasteiger partial charge in [-0.25, -0.2) is 4.79 Å². The third kappa shape index (κ3) is 2.52. The number of H-pyrrole nitrogens is 1. The predicted molar refractivity (Wildman–Crippen MR) is 80.0 cm³/mol. The number of hydrogen-bond donors (Lipinski definition) is 2. The van der Waals surface area contributed by atoms with Gasteiger partial charge >= 0.3 is 5.76 Å². The van der Waals surface area contributed by atoms with Gasteiger partial charge in [-0.3, -0.25) is 4.98 Å². The molecule has 0 amide bonds. The smallest absolute Gasteiger partial charge is 0.408 e. The van der Waals surface area contributed by atoms with Crippen molar-refractivity contribution in [3.63, 3.8) is 0 Å². The summed E-state index contributed by atoms with van der Waals surface area (Å²) in [6.07, 6.45) is 1.22. The van der Waals surface area contributed by atoms with Gasteiger partial charge in [-0.15, -0.1) is 0 Å². The van der Waals surface area contributed by atoms with E-state index in [0.717, 1.165) is 17.0 Å². The zero-order valence-electron chi connectivity index (χ0n) is 11.2. The summed E-state index contributed by atoms with van der Waals surface area (Å²) >= 11 is 1.99. The molecule has 1 aliphatic heterocycles. The molecule has 4 nitrogen and oxygen atoms in total. The minimum atomic E-state index is -0.402. The standard InChI is InChI=1S/C14H18N2O2S/c1-14(2)5-6-19-8-12(14)15-9-3-4-11-10(7-9)16-13(17)18-11/h3-4,7,12,15H,5-6,8H2,1-2H3,(H,16,17). The number of fused-ring (bicyclic) bond motifs is 1. The van der Waals surface area contributed by atoms with Crippen LogP contribution in [0.15, 0.2) is 27.4 Å². The number of aromatic amines is 1. The molecule has 1 fully saturated rings. The van der Waals surface area contributed by atoms with E-state index in [0.29, 0.717) is 17.0 Å². The number of oxazole rings is 1. The molecule has 1 unspecified atom stereocenters. The Labute approximate surface area is 116 Å². The van der Waals surface area contributed by atoms with Crippen LogP contribution in [-0.4, -0.2) is 22.5 Å². The molecule has 2 N–H and O–H groups in total. The van der Waals surface area contributed by atoms with E-state index in [2.05, 4.69) is 24.1 Å². The van der Waals surface area contributed by atoms with Crippen molar-refractivity contribution in [1.82, 2.24) is 4.98 Å². The Balaban J connectivity index is 1.86. The Morgan fingerprint density at radius 1 is 1.47 bits per heavy atom. The summed E-state index contributed by atoms with van der Waals surface area (Å²) in [5.41, 5.74) is 2.68. The van der Waals surface area contributed by atoms with Crippen molar-refractivity contribution in [2.24, 2.45) is 5.41 Å². The number of hydrogen-bond acceptors (Lipinski definition) is 4. The first-order valence-electron chi connectivity index (χ1n) is 6.52.